The van der Waals surface area contributed by atoms with Crippen molar-refractivity contribution in [3.8, 4) is 0 Å². The number of imide groups is 1. The second-order valence-corrected chi connectivity index (χ2v) is 2.84. The zero-order valence-electron chi connectivity index (χ0n) is 7.00. The molecule has 0 aromatic rings. The molecule has 4 nitrogen and oxygen atoms in total. The van der Waals surface area contributed by atoms with E-state index in [4.69, 9.17) is 0 Å². The summed E-state index contributed by atoms with van der Waals surface area (Å²) in [5, 5.41) is 0. The molecule has 0 saturated carbocycles. The molecular formula is C8H11NO3. The minimum absolute atomic E-state index is 0.0162. The molecule has 1 aliphatic heterocycles. The van der Waals surface area contributed by atoms with E-state index in [1.807, 2.05) is 6.92 Å². The summed E-state index contributed by atoms with van der Waals surface area (Å²) in [4.78, 5) is 33.9. The van der Waals surface area contributed by atoms with Crippen molar-refractivity contribution in [2.24, 2.45) is 0 Å². The molecule has 1 heterocycles. The first-order valence-electron chi connectivity index (χ1n) is 4.00. The Labute approximate surface area is 70.5 Å². The Morgan fingerprint density at radius 2 is 2.17 bits per heavy atom. The van der Waals surface area contributed by atoms with Gasteiger partial charge in [-0.3, -0.25) is 19.3 Å². The topological polar surface area (TPSA) is 54.5 Å². The van der Waals surface area contributed by atoms with Crippen molar-refractivity contribution in [2.75, 3.05) is 6.54 Å². The number of ketones is 1. The number of rotatable bonds is 2. The van der Waals surface area contributed by atoms with Crippen LogP contribution in [0.15, 0.2) is 0 Å². The van der Waals surface area contributed by atoms with Crippen LogP contribution < -0.4 is 0 Å². The molecular weight excluding hydrogens is 158 g/mol. The van der Waals surface area contributed by atoms with Crippen LogP contribution in [0, 0.1) is 0 Å². The third-order valence-corrected chi connectivity index (χ3v) is 1.75. The lowest BCUT2D eigenvalue weighted by Crippen LogP contribution is -2.32. The molecule has 1 rings (SSSR count). The van der Waals surface area contributed by atoms with Crippen LogP contribution in [0.2, 0.25) is 0 Å². The number of amides is 2. The van der Waals surface area contributed by atoms with Crippen LogP contribution in [0.25, 0.3) is 0 Å². The van der Waals surface area contributed by atoms with Gasteiger partial charge >= 0.3 is 0 Å². The lowest BCUT2D eigenvalue weighted by Gasteiger charge is -2.10. The SMILES string of the molecule is CCCC(=O)N1CC(=O)CC1=O. The normalized spacial score (nSPS) is 17.2. The maximum Gasteiger partial charge on any atom is 0.237 e. The summed E-state index contributed by atoms with van der Waals surface area (Å²) in [6.07, 6.45) is 0.950. The molecule has 4 heteroatoms. The van der Waals surface area contributed by atoms with Crippen LogP contribution in [-0.4, -0.2) is 29.0 Å². The molecule has 1 saturated heterocycles. The van der Waals surface area contributed by atoms with Crippen molar-refractivity contribution in [3.05, 3.63) is 0 Å². The summed E-state index contributed by atoms with van der Waals surface area (Å²) in [6, 6.07) is 0. The second kappa shape index (κ2) is 3.47. The van der Waals surface area contributed by atoms with Crippen LogP contribution >= 0.6 is 0 Å². The highest BCUT2D eigenvalue weighted by Crippen LogP contribution is 2.08. The Morgan fingerprint density at radius 3 is 2.58 bits per heavy atom. The van der Waals surface area contributed by atoms with Crippen molar-refractivity contribution in [1.29, 1.82) is 0 Å². The Morgan fingerprint density at radius 1 is 1.50 bits per heavy atom. The van der Waals surface area contributed by atoms with E-state index in [-0.39, 0.29) is 30.6 Å². The molecule has 2 amide bonds. The van der Waals surface area contributed by atoms with Gasteiger partial charge in [-0.05, 0) is 6.42 Å². The summed E-state index contributed by atoms with van der Waals surface area (Å²) in [6.45, 7) is 1.85. The number of Topliss-reactive ketones (excluding diaryl/α,β-unsaturated/α-hetero) is 1. The third-order valence-electron chi connectivity index (χ3n) is 1.75. The zero-order valence-corrected chi connectivity index (χ0v) is 7.00. The van der Waals surface area contributed by atoms with Gasteiger partial charge in [-0.2, -0.15) is 0 Å². The van der Waals surface area contributed by atoms with Crippen molar-refractivity contribution < 1.29 is 14.4 Å². The van der Waals surface area contributed by atoms with Crippen LogP contribution in [0.3, 0.4) is 0 Å². The van der Waals surface area contributed by atoms with Gasteiger partial charge in [-0.25, -0.2) is 0 Å². The molecule has 66 valence electrons. The molecule has 0 unspecified atom stereocenters. The fourth-order valence-electron chi connectivity index (χ4n) is 1.16. The van der Waals surface area contributed by atoms with Crippen molar-refractivity contribution >= 4 is 17.6 Å². The van der Waals surface area contributed by atoms with Gasteiger partial charge in [0.05, 0.1) is 13.0 Å². The molecule has 0 spiro atoms. The minimum atomic E-state index is -0.349. The predicted molar refractivity (Wildman–Crippen MR) is 41.3 cm³/mol. The van der Waals surface area contributed by atoms with Crippen LogP contribution in [-0.2, 0) is 14.4 Å². The third kappa shape index (κ3) is 1.69. The van der Waals surface area contributed by atoms with Gasteiger partial charge in [0.1, 0.15) is 0 Å². The quantitative estimate of drug-likeness (QED) is 0.551. The van der Waals surface area contributed by atoms with E-state index >= 15 is 0 Å². The first-order chi connectivity index (χ1) is 5.65. The highest BCUT2D eigenvalue weighted by molar-refractivity contribution is 6.12. The fourth-order valence-corrected chi connectivity index (χ4v) is 1.16. The summed E-state index contributed by atoms with van der Waals surface area (Å²) in [5.74, 6) is -0.740. The molecule has 0 N–H and O–H groups in total. The molecule has 0 aliphatic carbocycles. The summed E-state index contributed by atoms with van der Waals surface area (Å²) < 4.78 is 0. The number of carbonyl (C=O) groups is 3. The van der Waals surface area contributed by atoms with Gasteiger partial charge in [0.25, 0.3) is 0 Å². The van der Waals surface area contributed by atoms with Crippen molar-refractivity contribution in [1.82, 2.24) is 4.90 Å². The molecule has 0 atom stereocenters. The standard InChI is InChI=1S/C8H11NO3/c1-2-3-7(11)9-5-6(10)4-8(9)12/h2-5H2,1H3. The number of nitrogens with zero attached hydrogens (tertiary/aromatic N) is 1. The summed E-state index contributed by atoms with van der Waals surface area (Å²) >= 11 is 0. The van der Waals surface area contributed by atoms with Crippen LogP contribution in [0.5, 0.6) is 0 Å². The second-order valence-electron chi connectivity index (χ2n) is 2.84. The smallest absolute Gasteiger partial charge is 0.237 e. The largest absolute Gasteiger partial charge is 0.297 e. The van der Waals surface area contributed by atoms with Gasteiger partial charge in [-0.1, -0.05) is 6.92 Å². The fraction of sp³-hybridized carbons (Fsp3) is 0.625. The lowest BCUT2D eigenvalue weighted by molar-refractivity contribution is -0.142. The summed E-state index contributed by atoms with van der Waals surface area (Å²) in [7, 11) is 0. The van der Waals surface area contributed by atoms with E-state index in [0.717, 1.165) is 4.90 Å². The van der Waals surface area contributed by atoms with Crippen molar-refractivity contribution in [3.63, 3.8) is 0 Å². The van der Waals surface area contributed by atoms with Gasteiger partial charge in [0, 0.05) is 6.42 Å². The van der Waals surface area contributed by atoms with Gasteiger partial charge in [0.15, 0.2) is 5.78 Å². The predicted octanol–water partition coefficient (Wildman–Crippen LogP) is 0.114. The average molecular weight is 169 g/mol. The zero-order chi connectivity index (χ0) is 9.14. The number of hydrogen-bond acceptors (Lipinski definition) is 3. The van der Waals surface area contributed by atoms with E-state index in [1.165, 1.54) is 0 Å². The maximum atomic E-state index is 11.2. The Balaban J connectivity index is 2.58. The van der Waals surface area contributed by atoms with Gasteiger partial charge in [0.2, 0.25) is 11.8 Å². The highest BCUT2D eigenvalue weighted by Gasteiger charge is 2.31. The lowest BCUT2D eigenvalue weighted by atomic mass is 10.3. The molecule has 0 radical (unpaired) electrons. The molecule has 12 heavy (non-hydrogen) atoms. The van der Waals surface area contributed by atoms with Gasteiger partial charge < -0.3 is 0 Å². The van der Waals surface area contributed by atoms with E-state index in [9.17, 15) is 14.4 Å². The van der Waals surface area contributed by atoms with Crippen molar-refractivity contribution in [2.45, 2.75) is 26.2 Å². The minimum Gasteiger partial charge on any atom is -0.297 e. The maximum absolute atomic E-state index is 11.2. The van der Waals surface area contributed by atoms with E-state index in [2.05, 4.69) is 0 Å². The van der Waals surface area contributed by atoms with E-state index in [1.54, 1.807) is 0 Å². The Bertz CT molecular complexity index is 234. The molecule has 0 bridgehead atoms. The van der Waals surface area contributed by atoms with E-state index in [0.29, 0.717) is 12.8 Å². The van der Waals surface area contributed by atoms with Crippen LogP contribution in [0.1, 0.15) is 26.2 Å². The van der Waals surface area contributed by atoms with Crippen LogP contribution in [0.4, 0.5) is 0 Å². The number of carbonyl (C=O) groups excluding carboxylic acids is 3. The average Bonchev–Trinajstić information content (AvgIpc) is 2.30. The first-order valence-corrected chi connectivity index (χ1v) is 4.00. The molecule has 0 aromatic heterocycles. The molecule has 1 fully saturated rings. The monoisotopic (exact) mass is 169 g/mol. The number of likely N-dealkylation sites (tertiary alicyclic amines) is 1. The Hall–Kier alpha value is -1.19. The van der Waals surface area contributed by atoms with E-state index < -0.39 is 0 Å². The Kier molecular flexibility index (Phi) is 2.58. The molecule has 0 aromatic carbocycles. The first kappa shape index (κ1) is 8.90. The van der Waals surface area contributed by atoms with Gasteiger partial charge in [-0.15, -0.1) is 0 Å². The molecule has 1 aliphatic rings. The highest BCUT2D eigenvalue weighted by atomic mass is 16.2. The summed E-state index contributed by atoms with van der Waals surface area (Å²) in [5.41, 5.74) is 0. The number of hydrogen-bond donors (Lipinski definition) is 0.